The number of amides is 2. The van der Waals surface area contributed by atoms with E-state index in [4.69, 9.17) is 0 Å². The molecule has 0 unspecified atom stereocenters. The molecule has 2 N–H and O–H groups in total. The van der Waals surface area contributed by atoms with Gasteiger partial charge in [0.2, 0.25) is 9.84 Å². The Morgan fingerprint density at radius 2 is 1.72 bits per heavy atom. The molecule has 0 aliphatic heterocycles. The van der Waals surface area contributed by atoms with Crippen LogP contribution in [-0.2, 0) is 16.4 Å². The topological polar surface area (TPSA) is 112 Å². The largest absolute Gasteiger partial charge is 0.350 e. The second kappa shape index (κ2) is 10.3. The number of nitrogens with one attached hydrogen (secondary N) is 2. The summed E-state index contributed by atoms with van der Waals surface area (Å²) in [7, 11) is -4.07. The first-order valence-electron chi connectivity index (χ1n) is 11.4. The third kappa shape index (κ3) is 5.13. The van der Waals surface area contributed by atoms with Crippen molar-refractivity contribution in [1.82, 2.24) is 20.2 Å². The minimum absolute atomic E-state index is 0.0237. The molecular formula is C26H25FN4O4S. The first kappa shape index (κ1) is 25.1. The number of hydrogen-bond donors (Lipinski definition) is 2. The molecule has 0 aliphatic carbocycles. The van der Waals surface area contributed by atoms with Crippen LogP contribution in [0, 0.1) is 5.82 Å². The molecule has 2 heterocycles. The van der Waals surface area contributed by atoms with E-state index in [9.17, 15) is 22.4 Å². The van der Waals surface area contributed by atoms with Gasteiger partial charge in [0.1, 0.15) is 11.5 Å². The minimum atomic E-state index is -4.07. The Labute approximate surface area is 208 Å². The number of rotatable bonds is 8. The van der Waals surface area contributed by atoms with Crippen molar-refractivity contribution in [3.05, 3.63) is 89.6 Å². The highest BCUT2D eigenvalue weighted by Gasteiger charge is 2.22. The number of nitrogens with zero attached hydrogens (tertiary/aromatic N) is 2. The summed E-state index contributed by atoms with van der Waals surface area (Å²) in [6.45, 7) is 4.60. The lowest BCUT2D eigenvalue weighted by molar-refractivity contribution is 0.0772. The molecule has 186 valence electrons. The number of fused-ring (bicyclic) bond motifs is 1. The van der Waals surface area contributed by atoms with Crippen LogP contribution in [0.4, 0.5) is 4.39 Å². The summed E-state index contributed by atoms with van der Waals surface area (Å²) in [5.74, 6) is -1.56. The first-order chi connectivity index (χ1) is 17.2. The van der Waals surface area contributed by atoms with Crippen molar-refractivity contribution in [3.63, 3.8) is 0 Å². The van der Waals surface area contributed by atoms with E-state index in [-0.39, 0.29) is 27.8 Å². The molecule has 2 aromatic carbocycles. The zero-order chi connectivity index (χ0) is 25.9. The van der Waals surface area contributed by atoms with Gasteiger partial charge >= 0.3 is 0 Å². The number of H-pyrrole nitrogens is 1. The molecule has 0 saturated carbocycles. The van der Waals surface area contributed by atoms with Crippen molar-refractivity contribution in [1.29, 1.82) is 0 Å². The molecule has 0 radical (unpaired) electrons. The second-order valence-corrected chi connectivity index (χ2v) is 10.1. The first-order valence-corrected chi connectivity index (χ1v) is 12.9. The quantitative estimate of drug-likeness (QED) is 0.374. The summed E-state index contributed by atoms with van der Waals surface area (Å²) in [5.41, 5.74) is 1.84. The third-order valence-electron chi connectivity index (χ3n) is 5.83. The van der Waals surface area contributed by atoms with Crippen molar-refractivity contribution in [2.75, 3.05) is 13.1 Å². The van der Waals surface area contributed by atoms with E-state index in [1.807, 2.05) is 0 Å². The highest BCUT2D eigenvalue weighted by Crippen LogP contribution is 2.24. The number of carbonyl (C=O) groups is 2. The van der Waals surface area contributed by atoms with Crippen molar-refractivity contribution in [2.45, 2.75) is 30.2 Å². The number of halogens is 1. The van der Waals surface area contributed by atoms with Crippen molar-refractivity contribution in [2.24, 2.45) is 0 Å². The number of sulfone groups is 1. The number of carbonyl (C=O) groups excluding carboxylic acids is 2. The molecular weight excluding hydrogens is 483 g/mol. The van der Waals surface area contributed by atoms with Gasteiger partial charge in [0.25, 0.3) is 11.8 Å². The van der Waals surface area contributed by atoms with Crippen molar-refractivity contribution >= 4 is 32.6 Å². The van der Waals surface area contributed by atoms with Gasteiger partial charge in [0.15, 0.2) is 0 Å². The van der Waals surface area contributed by atoms with Gasteiger partial charge < -0.3 is 15.2 Å². The van der Waals surface area contributed by atoms with Crippen molar-refractivity contribution < 1.29 is 22.4 Å². The molecule has 10 heteroatoms. The molecule has 0 saturated heterocycles. The van der Waals surface area contributed by atoms with E-state index in [2.05, 4.69) is 15.3 Å². The summed E-state index contributed by atoms with van der Waals surface area (Å²) in [6.07, 6.45) is 3.28. The Hall–Kier alpha value is -4.05. The zero-order valence-corrected chi connectivity index (χ0v) is 20.6. The van der Waals surface area contributed by atoms with Crippen LogP contribution in [0.1, 0.15) is 40.3 Å². The predicted molar refractivity (Wildman–Crippen MR) is 133 cm³/mol. The van der Waals surface area contributed by atoms with E-state index < -0.39 is 21.6 Å². The molecule has 0 bridgehead atoms. The van der Waals surface area contributed by atoms with E-state index in [1.54, 1.807) is 50.5 Å². The van der Waals surface area contributed by atoms with Crippen LogP contribution in [0.25, 0.3) is 10.9 Å². The van der Waals surface area contributed by atoms with Gasteiger partial charge in [0, 0.05) is 48.5 Å². The van der Waals surface area contributed by atoms with E-state index in [0.717, 1.165) is 23.0 Å². The van der Waals surface area contributed by atoms with E-state index >= 15 is 0 Å². The fraction of sp³-hybridized carbons (Fsp3) is 0.192. The minimum Gasteiger partial charge on any atom is -0.350 e. The third-order valence-corrected chi connectivity index (χ3v) is 7.58. The van der Waals surface area contributed by atoms with Crippen LogP contribution in [0.15, 0.2) is 76.8 Å². The molecule has 0 fully saturated rings. The Balaban J connectivity index is 1.49. The van der Waals surface area contributed by atoms with Crippen LogP contribution < -0.4 is 5.32 Å². The summed E-state index contributed by atoms with van der Waals surface area (Å²) in [5, 5.41) is 3.60. The number of hydrogen-bond acceptors (Lipinski definition) is 5. The van der Waals surface area contributed by atoms with Gasteiger partial charge in [0.05, 0.1) is 9.79 Å². The molecule has 2 amide bonds. The van der Waals surface area contributed by atoms with E-state index in [1.165, 1.54) is 23.1 Å². The van der Waals surface area contributed by atoms with Gasteiger partial charge in [-0.1, -0.05) is 12.1 Å². The van der Waals surface area contributed by atoms with Gasteiger partial charge in [-0.2, -0.15) is 0 Å². The van der Waals surface area contributed by atoms with Crippen LogP contribution >= 0.6 is 0 Å². The van der Waals surface area contributed by atoms with Crippen LogP contribution in [0.3, 0.4) is 0 Å². The summed E-state index contributed by atoms with van der Waals surface area (Å²) >= 11 is 0. The lowest BCUT2D eigenvalue weighted by atomic mass is 10.2. The Kier molecular flexibility index (Phi) is 7.16. The van der Waals surface area contributed by atoms with Gasteiger partial charge in [-0.25, -0.2) is 12.8 Å². The molecule has 0 aliphatic rings. The average molecular weight is 509 g/mol. The summed E-state index contributed by atoms with van der Waals surface area (Å²) in [4.78, 5) is 33.3. The molecule has 0 spiro atoms. The Bertz CT molecular complexity index is 1490. The number of aromatic nitrogens is 2. The predicted octanol–water partition coefficient (Wildman–Crippen LogP) is 3.95. The molecule has 36 heavy (non-hydrogen) atoms. The highest BCUT2D eigenvalue weighted by atomic mass is 32.2. The number of benzene rings is 2. The van der Waals surface area contributed by atoms with Crippen LogP contribution in [0.5, 0.6) is 0 Å². The monoisotopic (exact) mass is 508 g/mol. The Morgan fingerprint density at radius 3 is 2.39 bits per heavy atom. The van der Waals surface area contributed by atoms with Gasteiger partial charge in [-0.3, -0.25) is 14.6 Å². The maximum absolute atomic E-state index is 14.3. The highest BCUT2D eigenvalue weighted by molar-refractivity contribution is 7.91. The fourth-order valence-electron chi connectivity index (χ4n) is 3.83. The normalized spacial score (nSPS) is 11.4. The summed E-state index contributed by atoms with van der Waals surface area (Å²) in [6, 6.07) is 12.5. The maximum Gasteiger partial charge on any atom is 0.267 e. The fourth-order valence-corrected chi connectivity index (χ4v) is 5.15. The van der Waals surface area contributed by atoms with Crippen LogP contribution in [-0.4, -0.2) is 48.2 Å². The average Bonchev–Trinajstić information content (AvgIpc) is 3.32. The van der Waals surface area contributed by atoms with Crippen LogP contribution in [0.2, 0.25) is 0 Å². The molecule has 0 atom stereocenters. The molecule has 8 nitrogen and oxygen atoms in total. The van der Waals surface area contributed by atoms with Gasteiger partial charge in [-0.15, -0.1) is 0 Å². The van der Waals surface area contributed by atoms with Gasteiger partial charge in [-0.05, 0) is 61.9 Å². The lowest BCUT2D eigenvalue weighted by Gasteiger charge is -2.19. The molecule has 4 aromatic rings. The van der Waals surface area contributed by atoms with Crippen molar-refractivity contribution in [3.8, 4) is 0 Å². The smallest absolute Gasteiger partial charge is 0.267 e. The Morgan fingerprint density at radius 1 is 1.00 bits per heavy atom. The standard InChI is InChI=1S/C26H25FN4O4S/c1-3-31(4-2)26(33)18-11-20(27)14-22(12-18)36(34,35)21-7-5-17(6-8-21)15-29-25(32)24-13-19-16-28-10-9-23(19)30-24/h5-14,16,30H,3-4,15H2,1-2H3,(H,29,32). The number of aromatic amines is 1. The summed E-state index contributed by atoms with van der Waals surface area (Å²) < 4.78 is 40.6. The maximum atomic E-state index is 14.3. The zero-order valence-electron chi connectivity index (χ0n) is 19.8. The van der Waals surface area contributed by atoms with E-state index in [0.29, 0.717) is 24.3 Å². The molecule has 4 rings (SSSR count). The molecule has 2 aromatic heterocycles. The SMILES string of the molecule is CCN(CC)C(=O)c1cc(F)cc(S(=O)(=O)c2ccc(CNC(=O)c3cc4cnccc4[nH]3)cc2)c1. The second-order valence-electron chi connectivity index (χ2n) is 8.13. The number of pyridine rings is 1. The lowest BCUT2D eigenvalue weighted by Crippen LogP contribution is -2.30.